The highest BCUT2D eigenvalue weighted by Crippen LogP contribution is 2.24. The first-order valence-electron chi connectivity index (χ1n) is 4.87. The molecule has 1 unspecified atom stereocenters. The van der Waals surface area contributed by atoms with Crippen molar-refractivity contribution in [2.75, 3.05) is 0 Å². The average molecular weight is 179 g/mol. The van der Waals surface area contributed by atoms with Crippen LogP contribution in [0.1, 0.15) is 33.1 Å². The van der Waals surface area contributed by atoms with E-state index in [-0.39, 0.29) is 0 Å². The van der Waals surface area contributed by atoms with Crippen LogP contribution in [0.3, 0.4) is 0 Å². The summed E-state index contributed by atoms with van der Waals surface area (Å²) in [6.07, 6.45) is 8.14. The lowest BCUT2D eigenvalue weighted by Crippen LogP contribution is -2.13. The molecule has 0 aromatic heterocycles. The van der Waals surface area contributed by atoms with E-state index in [0.29, 0.717) is 5.92 Å². The zero-order chi connectivity index (χ0) is 9.68. The van der Waals surface area contributed by atoms with Crippen molar-refractivity contribution >= 4 is 6.41 Å². The van der Waals surface area contributed by atoms with E-state index in [1.54, 1.807) is 0 Å². The van der Waals surface area contributed by atoms with Crippen LogP contribution in [0.4, 0.5) is 0 Å². The van der Waals surface area contributed by atoms with Gasteiger partial charge in [-0.3, -0.25) is 4.79 Å². The second kappa shape index (κ2) is 4.85. The molecular weight excluding hydrogens is 162 g/mol. The quantitative estimate of drug-likeness (QED) is 0.659. The molecule has 2 heteroatoms. The molecule has 0 saturated carbocycles. The summed E-state index contributed by atoms with van der Waals surface area (Å²) in [4.78, 5) is 10.2. The summed E-state index contributed by atoms with van der Waals surface area (Å²) in [6.45, 7) is 4.45. The fraction of sp³-hybridized carbons (Fsp3) is 0.545. The Hall–Kier alpha value is -1.05. The molecule has 72 valence electrons. The predicted octanol–water partition coefficient (Wildman–Crippen LogP) is 2.38. The van der Waals surface area contributed by atoms with Gasteiger partial charge in [-0.15, -0.1) is 0 Å². The third kappa shape index (κ3) is 2.72. The maximum absolute atomic E-state index is 10.2. The van der Waals surface area contributed by atoms with Crippen LogP contribution in [-0.2, 0) is 4.79 Å². The Kier molecular flexibility index (Phi) is 3.74. The summed E-state index contributed by atoms with van der Waals surface area (Å²) in [5.74, 6) is 0.675. The van der Waals surface area contributed by atoms with Crippen LogP contribution < -0.4 is 5.32 Å². The van der Waals surface area contributed by atoms with Crippen molar-refractivity contribution in [2.24, 2.45) is 5.92 Å². The van der Waals surface area contributed by atoms with Crippen LogP contribution in [0, 0.1) is 5.92 Å². The molecule has 0 heterocycles. The molecule has 0 aromatic carbocycles. The second-order valence-corrected chi connectivity index (χ2v) is 3.50. The third-order valence-corrected chi connectivity index (χ3v) is 2.67. The van der Waals surface area contributed by atoms with Gasteiger partial charge in [0.05, 0.1) is 0 Å². The van der Waals surface area contributed by atoms with E-state index in [1.807, 2.05) is 6.08 Å². The number of nitrogens with one attached hydrogen (secondary N) is 1. The number of rotatable bonds is 4. The second-order valence-electron chi connectivity index (χ2n) is 3.50. The summed E-state index contributed by atoms with van der Waals surface area (Å²) in [6, 6.07) is 0. The zero-order valence-electron chi connectivity index (χ0n) is 8.34. The van der Waals surface area contributed by atoms with E-state index in [2.05, 4.69) is 25.2 Å². The molecule has 1 rings (SSSR count). The molecule has 1 aliphatic rings. The van der Waals surface area contributed by atoms with E-state index in [0.717, 1.165) is 24.9 Å². The fourth-order valence-electron chi connectivity index (χ4n) is 1.52. The normalized spacial score (nSPS) is 18.6. The SMILES string of the molecule is CCC(C)C1=CC=C(NC=O)CC1. The van der Waals surface area contributed by atoms with Crippen molar-refractivity contribution in [3.63, 3.8) is 0 Å². The Labute approximate surface area is 79.7 Å². The molecule has 0 aromatic rings. The van der Waals surface area contributed by atoms with Crippen molar-refractivity contribution in [3.05, 3.63) is 23.4 Å². The average Bonchev–Trinajstić information content (AvgIpc) is 2.18. The minimum absolute atomic E-state index is 0.675. The maximum atomic E-state index is 10.2. The molecule has 1 atom stereocenters. The molecule has 1 amide bonds. The number of carbonyl (C=O) groups excluding carboxylic acids is 1. The Morgan fingerprint density at radius 3 is 2.77 bits per heavy atom. The van der Waals surface area contributed by atoms with Gasteiger partial charge >= 0.3 is 0 Å². The van der Waals surface area contributed by atoms with Crippen LogP contribution >= 0.6 is 0 Å². The van der Waals surface area contributed by atoms with Gasteiger partial charge in [-0.05, 0) is 31.3 Å². The summed E-state index contributed by atoms with van der Waals surface area (Å²) < 4.78 is 0. The number of amides is 1. The molecule has 0 saturated heterocycles. The van der Waals surface area contributed by atoms with E-state index >= 15 is 0 Å². The van der Waals surface area contributed by atoms with Gasteiger partial charge in [0, 0.05) is 5.70 Å². The maximum Gasteiger partial charge on any atom is 0.211 e. The predicted molar refractivity (Wildman–Crippen MR) is 54.1 cm³/mol. The Balaban J connectivity index is 2.58. The summed E-state index contributed by atoms with van der Waals surface area (Å²) in [5, 5.41) is 2.70. The largest absolute Gasteiger partial charge is 0.332 e. The molecule has 1 aliphatic carbocycles. The van der Waals surface area contributed by atoms with E-state index < -0.39 is 0 Å². The number of hydrogen-bond acceptors (Lipinski definition) is 1. The first-order chi connectivity index (χ1) is 6.27. The zero-order valence-corrected chi connectivity index (χ0v) is 8.34. The summed E-state index contributed by atoms with van der Waals surface area (Å²) in [7, 11) is 0. The van der Waals surface area contributed by atoms with E-state index in [4.69, 9.17) is 0 Å². The third-order valence-electron chi connectivity index (χ3n) is 2.67. The Bertz CT molecular complexity index is 240. The minimum atomic E-state index is 0.675. The van der Waals surface area contributed by atoms with E-state index in [9.17, 15) is 4.79 Å². The van der Waals surface area contributed by atoms with Crippen molar-refractivity contribution in [2.45, 2.75) is 33.1 Å². The van der Waals surface area contributed by atoms with Gasteiger partial charge in [-0.25, -0.2) is 0 Å². The minimum Gasteiger partial charge on any atom is -0.332 e. The molecule has 0 aliphatic heterocycles. The first kappa shape index (κ1) is 10.0. The standard InChI is InChI=1S/C11H17NO/c1-3-9(2)10-4-6-11(7-5-10)12-8-13/h4,6,8-9H,3,5,7H2,1-2H3,(H,12,13). The topological polar surface area (TPSA) is 29.1 Å². The molecule has 0 fully saturated rings. The molecule has 1 N–H and O–H groups in total. The highest BCUT2D eigenvalue weighted by molar-refractivity contribution is 5.50. The van der Waals surface area contributed by atoms with Crippen molar-refractivity contribution < 1.29 is 4.79 Å². The Morgan fingerprint density at radius 2 is 2.31 bits per heavy atom. The first-order valence-corrected chi connectivity index (χ1v) is 4.87. The summed E-state index contributed by atoms with van der Waals surface area (Å²) >= 11 is 0. The van der Waals surface area contributed by atoms with Crippen LogP contribution in [-0.4, -0.2) is 6.41 Å². The lowest BCUT2D eigenvalue weighted by atomic mass is 9.90. The number of carbonyl (C=O) groups is 1. The van der Waals surface area contributed by atoms with Gasteiger partial charge in [0.1, 0.15) is 0 Å². The fourth-order valence-corrected chi connectivity index (χ4v) is 1.52. The van der Waals surface area contributed by atoms with E-state index in [1.165, 1.54) is 12.0 Å². The van der Waals surface area contributed by atoms with Gasteiger partial charge in [0.15, 0.2) is 0 Å². The lowest BCUT2D eigenvalue weighted by Gasteiger charge is -2.18. The molecule has 2 nitrogen and oxygen atoms in total. The van der Waals surface area contributed by atoms with Gasteiger partial charge < -0.3 is 5.32 Å². The smallest absolute Gasteiger partial charge is 0.211 e. The molecular formula is C11H17NO. The highest BCUT2D eigenvalue weighted by atomic mass is 16.1. The molecule has 0 bridgehead atoms. The van der Waals surface area contributed by atoms with Gasteiger partial charge in [-0.2, -0.15) is 0 Å². The van der Waals surface area contributed by atoms with Crippen molar-refractivity contribution in [1.29, 1.82) is 0 Å². The van der Waals surface area contributed by atoms with Crippen LogP contribution in [0.25, 0.3) is 0 Å². The van der Waals surface area contributed by atoms with Gasteiger partial charge in [0.25, 0.3) is 0 Å². The molecule has 0 radical (unpaired) electrons. The van der Waals surface area contributed by atoms with Crippen molar-refractivity contribution in [1.82, 2.24) is 5.32 Å². The lowest BCUT2D eigenvalue weighted by molar-refractivity contribution is -0.109. The highest BCUT2D eigenvalue weighted by Gasteiger charge is 2.10. The Morgan fingerprint density at radius 1 is 1.54 bits per heavy atom. The van der Waals surface area contributed by atoms with Crippen LogP contribution in [0.2, 0.25) is 0 Å². The van der Waals surface area contributed by atoms with Gasteiger partial charge in [-0.1, -0.05) is 25.5 Å². The number of allylic oxidation sites excluding steroid dienone is 4. The monoisotopic (exact) mass is 179 g/mol. The summed E-state index contributed by atoms with van der Waals surface area (Å²) in [5.41, 5.74) is 2.53. The van der Waals surface area contributed by atoms with Crippen molar-refractivity contribution in [3.8, 4) is 0 Å². The molecule has 0 spiro atoms. The van der Waals surface area contributed by atoms with Gasteiger partial charge in [0.2, 0.25) is 6.41 Å². The van der Waals surface area contributed by atoms with Crippen LogP contribution in [0.15, 0.2) is 23.4 Å². The number of hydrogen-bond donors (Lipinski definition) is 1. The molecule has 13 heavy (non-hydrogen) atoms. The van der Waals surface area contributed by atoms with Crippen LogP contribution in [0.5, 0.6) is 0 Å².